The van der Waals surface area contributed by atoms with Crippen molar-refractivity contribution in [2.75, 3.05) is 0 Å². The fourth-order valence-electron chi connectivity index (χ4n) is 4.14. The second kappa shape index (κ2) is 9.98. The van der Waals surface area contributed by atoms with E-state index in [0.717, 1.165) is 34.2 Å². The summed E-state index contributed by atoms with van der Waals surface area (Å²) in [6.07, 6.45) is 0.956. The van der Waals surface area contributed by atoms with Crippen LogP contribution in [0.4, 0.5) is 0 Å². The van der Waals surface area contributed by atoms with Crippen molar-refractivity contribution >= 4 is 21.2 Å². The van der Waals surface area contributed by atoms with Crippen LogP contribution in [-0.2, 0) is 9.32 Å². The summed E-state index contributed by atoms with van der Waals surface area (Å²) in [5.41, 5.74) is 4.85. The third-order valence-electron chi connectivity index (χ3n) is 5.22. The van der Waals surface area contributed by atoms with Gasteiger partial charge in [-0.25, -0.2) is 0 Å². The number of benzene rings is 2. The van der Waals surface area contributed by atoms with Crippen LogP contribution in [0.2, 0.25) is 0 Å². The first-order chi connectivity index (χ1) is 13.2. The van der Waals surface area contributed by atoms with Crippen LogP contribution in [0.5, 0.6) is 0 Å². The van der Waals surface area contributed by atoms with Gasteiger partial charge in [0.25, 0.3) is 0 Å². The third kappa shape index (κ3) is 5.52. The summed E-state index contributed by atoms with van der Waals surface area (Å²) in [7, 11) is 2.04. The largest absolute Gasteiger partial charge is 0.451 e. The van der Waals surface area contributed by atoms with E-state index in [9.17, 15) is 9.59 Å². The summed E-state index contributed by atoms with van der Waals surface area (Å²) in [5.74, 6) is -0.544. The average Bonchev–Trinajstić information content (AvgIpc) is 2.63. The lowest BCUT2D eigenvalue weighted by molar-refractivity contribution is -0.138. The van der Waals surface area contributed by atoms with E-state index < -0.39 is 5.92 Å². The quantitative estimate of drug-likeness (QED) is 0.407. The van der Waals surface area contributed by atoms with Crippen LogP contribution in [0, 0.1) is 32.6 Å². The van der Waals surface area contributed by atoms with Gasteiger partial charge >= 0.3 is 5.97 Å². The Balaban J connectivity index is 2.42. The number of hydrogen-bond donors (Lipinski definition) is 0. The monoisotopic (exact) mass is 398 g/mol. The molecule has 0 aliphatic rings. The number of ketones is 1. The number of aryl methyl sites for hydroxylation is 3. The summed E-state index contributed by atoms with van der Waals surface area (Å²) in [4.78, 5) is 25.9. The van der Waals surface area contributed by atoms with Gasteiger partial charge in [-0.3, -0.25) is 9.59 Å². The van der Waals surface area contributed by atoms with Crippen LogP contribution in [0.25, 0.3) is 0 Å². The minimum Gasteiger partial charge on any atom is -0.451 e. The van der Waals surface area contributed by atoms with Crippen molar-refractivity contribution in [3.8, 4) is 0 Å². The molecule has 0 radical (unpaired) electrons. The highest BCUT2D eigenvalue weighted by molar-refractivity contribution is 7.10. The van der Waals surface area contributed by atoms with Crippen molar-refractivity contribution in [2.24, 2.45) is 11.8 Å². The number of rotatable bonds is 8. The molecule has 0 saturated heterocycles. The van der Waals surface area contributed by atoms with Crippen molar-refractivity contribution < 1.29 is 14.1 Å². The fraction of sp³-hybridized carbons (Fsp3) is 0.417. The predicted molar refractivity (Wildman–Crippen MR) is 118 cm³/mol. The minimum absolute atomic E-state index is 0.0000808. The van der Waals surface area contributed by atoms with Gasteiger partial charge in [-0.15, -0.1) is 0 Å². The van der Waals surface area contributed by atoms with E-state index in [1.54, 1.807) is 0 Å². The van der Waals surface area contributed by atoms with Crippen molar-refractivity contribution in [1.29, 1.82) is 0 Å². The van der Waals surface area contributed by atoms with Crippen molar-refractivity contribution in [3.63, 3.8) is 0 Å². The third-order valence-corrected chi connectivity index (χ3v) is 5.45. The van der Waals surface area contributed by atoms with Gasteiger partial charge < -0.3 is 4.52 Å². The first-order valence-corrected chi connectivity index (χ1v) is 10.3. The average molecular weight is 398 g/mol. The van der Waals surface area contributed by atoms with Crippen LogP contribution in [0.3, 0.4) is 0 Å². The van der Waals surface area contributed by atoms with Crippen LogP contribution < -0.4 is 0 Å². The number of carbonyl (C=O) groups is 2. The number of carbonyl (C=O) groups excluding carboxylic acids is 2. The molecule has 0 N–H and O–H groups in total. The highest BCUT2D eigenvalue weighted by atomic mass is 31.0. The Morgan fingerprint density at radius 2 is 1.57 bits per heavy atom. The van der Waals surface area contributed by atoms with Crippen LogP contribution in [0.15, 0.2) is 42.5 Å². The Hall–Kier alpha value is -1.99. The van der Waals surface area contributed by atoms with E-state index >= 15 is 0 Å². The number of hydrogen-bond acceptors (Lipinski definition) is 3. The summed E-state index contributed by atoms with van der Waals surface area (Å²) in [6, 6.07) is 14.0. The molecule has 3 unspecified atom stereocenters. The minimum atomic E-state index is -0.519. The summed E-state index contributed by atoms with van der Waals surface area (Å²) in [6.45, 7) is 10.2. The SMILES string of the molecule is Cc1cc(C)c(C(=O)CC(C(=O)OP)C(CC(C)C)c2ccccc2)c(C)c1. The molecular formula is C24H31O3P. The standard InChI is InChI=1S/C24H31O3P/c1-15(2)11-20(19-9-7-6-8-10-19)21(24(26)27-28)14-22(25)23-17(4)12-16(3)13-18(23)5/h6-10,12-13,15,20-21H,11,14,28H2,1-5H3. The first kappa shape index (κ1) is 22.3. The lowest BCUT2D eigenvalue weighted by Gasteiger charge is -2.27. The van der Waals surface area contributed by atoms with E-state index in [2.05, 4.69) is 13.8 Å². The van der Waals surface area contributed by atoms with E-state index in [1.807, 2.05) is 72.7 Å². The van der Waals surface area contributed by atoms with Gasteiger partial charge in [0.15, 0.2) is 5.78 Å². The molecule has 0 aromatic heterocycles. The van der Waals surface area contributed by atoms with E-state index in [1.165, 1.54) is 0 Å². The molecule has 0 heterocycles. The normalized spacial score (nSPS) is 13.2. The Morgan fingerprint density at radius 3 is 2.07 bits per heavy atom. The highest BCUT2D eigenvalue weighted by Crippen LogP contribution is 2.36. The van der Waals surface area contributed by atoms with Crippen molar-refractivity contribution in [1.82, 2.24) is 0 Å². The maximum atomic E-state index is 13.2. The van der Waals surface area contributed by atoms with Gasteiger partial charge in [0, 0.05) is 12.0 Å². The van der Waals surface area contributed by atoms with Crippen LogP contribution >= 0.6 is 9.47 Å². The molecule has 0 aliphatic heterocycles. The Kier molecular flexibility index (Phi) is 7.95. The molecule has 0 bridgehead atoms. The molecule has 3 nitrogen and oxygen atoms in total. The first-order valence-electron chi connectivity index (χ1n) is 9.81. The Labute approximate surface area is 171 Å². The van der Waals surface area contributed by atoms with Crippen LogP contribution in [0.1, 0.15) is 65.2 Å². The van der Waals surface area contributed by atoms with E-state index in [-0.39, 0.29) is 24.1 Å². The Bertz CT molecular complexity index is 804. The smallest absolute Gasteiger partial charge is 0.312 e. The summed E-state index contributed by atoms with van der Waals surface area (Å²) in [5, 5.41) is 0. The lowest BCUT2D eigenvalue weighted by atomic mass is 9.77. The zero-order valence-corrected chi connectivity index (χ0v) is 18.6. The molecular weight excluding hydrogens is 367 g/mol. The van der Waals surface area contributed by atoms with E-state index in [0.29, 0.717) is 5.92 Å². The Morgan fingerprint density at radius 1 is 1.00 bits per heavy atom. The van der Waals surface area contributed by atoms with E-state index in [4.69, 9.17) is 4.52 Å². The molecule has 0 amide bonds. The molecule has 0 saturated carbocycles. The van der Waals surface area contributed by atoms with Gasteiger partial charge in [-0.1, -0.05) is 61.9 Å². The molecule has 2 aromatic rings. The second-order valence-corrected chi connectivity index (χ2v) is 8.33. The molecule has 28 heavy (non-hydrogen) atoms. The van der Waals surface area contributed by atoms with Gasteiger partial charge in [0.05, 0.1) is 15.4 Å². The lowest BCUT2D eigenvalue weighted by Crippen LogP contribution is -2.27. The van der Waals surface area contributed by atoms with Gasteiger partial charge in [-0.2, -0.15) is 0 Å². The van der Waals surface area contributed by atoms with Crippen LogP contribution in [-0.4, -0.2) is 11.8 Å². The summed E-state index contributed by atoms with van der Waals surface area (Å²) >= 11 is 0. The molecule has 3 atom stereocenters. The molecule has 2 rings (SSSR count). The van der Waals surface area contributed by atoms with Gasteiger partial charge in [0.2, 0.25) is 0 Å². The predicted octanol–water partition coefficient (Wildman–Crippen LogP) is 5.96. The van der Waals surface area contributed by atoms with Crippen molar-refractivity contribution in [2.45, 2.75) is 53.4 Å². The van der Waals surface area contributed by atoms with Crippen molar-refractivity contribution in [3.05, 3.63) is 70.3 Å². The molecule has 4 heteroatoms. The van der Waals surface area contributed by atoms with Gasteiger partial charge in [-0.05, 0) is 55.7 Å². The molecule has 2 aromatic carbocycles. The second-order valence-electron chi connectivity index (χ2n) is 8.09. The highest BCUT2D eigenvalue weighted by Gasteiger charge is 2.33. The molecule has 0 fully saturated rings. The maximum Gasteiger partial charge on any atom is 0.312 e. The summed E-state index contributed by atoms with van der Waals surface area (Å²) < 4.78 is 5.04. The fourth-order valence-corrected chi connectivity index (χ4v) is 4.31. The van der Waals surface area contributed by atoms with Gasteiger partial charge in [0.1, 0.15) is 0 Å². The topological polar surface area (TPSA) is 43.4 Å². The maximum absolute atomic E-state index is 13.2. The number of Topliss-reactive ketones (excluding diaryl/α,β-unsaturated/α-hetero) is 1. The molecule has 0 spiro atoms. The zero-order chi connectivity index (χ0) is 20.8. The zero-order valence-electron chi connectivity index (χ0n) is 17.5. The molecule has 150 valence electrons. The molecule has 0 aliphatic carbocycles.